The molecule has 0 saturated carbocycles. The summed E-state index contributed by atoms with van der Waals surface area (Å²) < 4.78 is 21.5. The maximum Gasteiger partial charge on any atom is 0.298 e. The summed E-state index contributed by atoms with van der Waals surface area (Å²) in [6, 6.07) is 13.1. The Balaban J connectivity index is 1.55. The zero-order valence-electron chi connectivity index (χ0n) is 19.8. The summed E-state index contributed by atoms with van der Waals surface area (Å²) in [6.07, 6.45) is 1.88. The Morgan fingerprint density at radius 1 is 1.19 bits per heavy atom. The highest BCUT2D eigenvalue weighted by Gasteiger charge is 2.35. The molecule has 0 radical (unpaired) electrons. The van der Waals surface area contributed by atoms with Gasteiger partial charge in [-0.1, -0.05) is 37.1 Å². The van der Waals surface area contributed by atoms with Crippen LogP contribution in [0.5, 0.6) is 11.5 Å². The lowest BCUT2D eigenvalue weighted by Crippen LogP contribution is -2.28. The van der Waals surface area contributed by atoms with Crippen LogP contribution in [-0.4, -0.2) is 38.7 Å². The van der Waals surface area contributed by atoms with Gasteiger partial charge in [0.25, 0.3) is 11.5 Å². The van der Waals surface area contributed by atoms with Crippen molar-refractivity contribution in [1.29, 1.82) is 0 Å². The van der Waals surface area contributed by atoms with Gasteiger partial charge in [0.1, 0.15) is 11.3 Å². The summed E-state index contributed by atoms with van der Waals surface area (Å²) in [5.74, 6) is 5.43. The Morgan fingerprint density at radius 2 is 1.94 bits per heavy atom. The van der Waals surface area contributed by atoms with Crippen LogP contribution in [0.1, 0.15) is 19.9 Å². The quantitative estimate of drug-likeness (QED) is 0.426. The fourth-order valence-electron chi connectivity index (χ4n) is 4.74. The first-order valence-corrected chi connectivity index (χ1v) is 11.5. The lowest BCUT2D eigenvalue weighted by molar-refractivity contribution is -0.124. The molecule has 2 aromatic carbocycles. The van der Waals surface area contributed by atoms with Gasteiger partial charge >= 0.3 is 0 Å². The summed E-state index contributed by atoms with van der Waals surface area (Å²) in [5.41, 5.74) is 7.78. The molecule has 182 valence electrons. The largest absolute Gasteiger partial charge is 0.454 e. The Labute approximate surface area is 206 Å². The second kappa shape index (κ2) is 9.23. The highest BCUT2D eigenvalue weighted by atomic mass is 19.1. The van der Waals surface area contributed by atoms with Crippen LogP contribution in [0.3, 0.4) is 0 Å². The Bertz CT molecular complexity index is 1580. The highest BCUT2D eigenvalue weighted by Crippen LogP contribution is 2.38. The van der Waals surface area contributed by atoms with Crippen LogP contribution < -0.4 is 16.0 Å². The number of nitrogens with one attached hydrogen (secondary N) is 1. The molecule has 1 fully saturated rings. The predicted octanol–water partition coefficient (Wildman–Crippen LogP) is 3.95. The number of para-hydroxylation sites is 1. The van der Waals surface area contributed by atoms with Crippen LogP contribution in [0.15, 0.2) is 59.5 Å². The average molecular weight is 486 g/mol. The van der Waals surface area contributed by atoms with E-state index >= 15 is 0 Å². The van der Waals surface area contributed by atoms with Gasteiger partial charge in [0.2, 0.25) is 0 Å². The third-order valence-corrected chi connectivity index (χ3v) is 6.46. The van der Waals surface area contributed by atoms with Crippen molar-refractivity contribution in [3.05, 3.63) is 70.9 Å². The van der Waals surface area contributed by atoms with Gasteiger partial charge in [0.05, 0.1) is 11.4 Å². The number of hydrogen-bond donors (Lipinski definition) is 2. The van der Waals surface area contributed by atoms with E-state index in [1.807, 2.05) is 29.8 Å². The molecule has 5 rings (SSSR count). The second-order valence-electron chi connectivity index (χ2n) is 8.80. The van der Waals surface area contributed by atoms with E-state index < -0.39 is 5.82 Å². The van der Waals surface area contributed by atoms with Gasteiger partial charge < -0.3 is 19.9 Å². The van der Waals surface area contributed by atoms with Crippen molar-refractivity contribution in [2.45, 2.75) is 19.9 Å². The summed E-state index contributed by atoms with van der Waals surface area (Å²) >= 11 is 0. The van der Waals surface area contributed by atoms with Gasteiger partial charge in [-0.2, -0.15) is 5.10 Å². The van der Waals surface area contributed by atoms with E-state index in [-0.39, 0.29) is 35.0 Å². The normalized spacial score (nSPS) is 17.1. The smallest absolute Gasteiger partial charge is 0.298 e. The molecule has 4 aromatic rings. The van der Waals surface area contributed by atoms with Gasteiger partial charge in [-0.3, -0.25) is 9.59 Å². The van der Waals surface area contributed by atoms with E-state index in [2.05, 4.69) is 22.0 Å². The van der Waals surface area contributed by atoms with E-state index in [1.54, 1.807) is 42.2 Å². The maximum absolute atomic E-state index is 14.0. The zero-order chi connectivity index (χ0) is 25.4. The second-order valence-corrected chi connectivity index (χ2v) is 8.80. The third kappa shape index (κ3) is 4.07. The number of fused-ring (bicyclic) bond motifs is 1. The van der Waals surface area contributed by atoms with Crippen molar-refractivity contribution in [3.63, 3.8) is 0 Å². The number of carbonyl (C=O) groups is 1. The van der Waals surface area contributed by atoms with E-state index in [1.165, 1.54) is 6.07 Å². The molecular formula is C27H24FN5O3. The number of H-pyrrole nitrogens is 1. The Hall–Kier alpha value is -4.58. The number of amides is 1. The van der Waals surface area contributed by atoms with Gasteiger partial charge in [0, 0.05) is 24.8 Å². The molecule has 8 nitrogen and oxygen atoms in total. The minimum atomic E-state index is -0.453. The third-order valence-electron chi connectivity index (χ3n) is 6.46. The van der Waals surface area contributed by atoms with Crippen molar-refractivity contribution < 1.29 is 13.9 Å². The first-order chi connectivity index (χ1) is 17.4. The minimum absolute atomic E-state index is 0.0846. The zero-order valence-corrected chi connectivity index (χ0v) is 19.8. The van der Waals surface area contributed by atoms with Crippen LogP contribution in [0, 0.1) is 23.6 Å². The number of ether oxygens (including phenoxy) is 1. The molecule has 1 aliphatic heterocycles. The molecule has 1 saturated heterocycles. The molecule has 2 atom stereocenters. The van der Waals surface area contributed by atoms with E-state index in [0.717, 1.165) is 11.1 Å². The molecule has 1 aliphatic rings. The molecule has 3 N–H and O–H groups in total. The van der Waals surface area contributed by atoms with E-state index in [4.69, 9.17) is 10.5 Å². The summed E-state index contributed by atoms with van der Waals surface area (Å²) in [7, 11) is 0. The molecule has 3 heterocycles. The molecule has 1 amide bonds. The molecular weight excluding hydrogens is 461 g/mol. The number of anilines is 1. The number of carbonyl (C=O) groups excluding carboxylic acids is 1. The molecule has 36 heavy (non-hydrogen) atoms. The summed E-state index contributed by atoms with van der Waals surface area (Å²) in [6.45, 7) is 4.63. The van der Waals surface area contributed by atoms with Crippen LogP contribution in [0.4, 0.5) is 10.2 Å². The number of hydrogen-bond acceptors (Lipinski definition) is 5. The highest BCUT2D eigenvalue weighted by molar-refractivity contribution is 6.02. The number of benzene rings is 2. The SMILES string of the molecule is CC#CC(=O)N1C[C@H](C)[C@@H](n2cc(-c3ccc(Oc4ccccc4F)cc3)c3c(N)n[nH]c(=O)c32)C1. The summed E-state index contributed by atoms with van der Waals surface area (Å²) in [4.78, 5) is 27.0. The number of likely N-dealkylation sites (tertiary alicyclic amines) is 1. The van der Waals surface area contributed by atoms with Crippen LogP contribution in [0.2, 0.25) is 0 Å². The monoisotopic (exact) mass is 485 g/mol. The summed E-state index contributed by atoms with van der Waals surface area (Å²) in [5, 5.41) is 6.99. The van der Waals surface area contributed by atoms with E-state index in [0.29, 0.717) is 29.7 Å². The number of halogens is 1. The first kappa shape index (κ1) is 23.2. The standard InChI is InChI=1S/C27H24FN5O3/c1-3-6-23(34)32-13-16(2)21(15-32)33-14-19(24-25(33)27(35)31-30-26(24)29)17-9-11-18(12-10-17)36-22-8-5-4-7-20(22)28/h4-5,7-12,14,16,21H,13,15H2,1-2H3,(H2,29,30)(H,31,35)/t16-,21-/m0/s1. The molecule has 0 spiro atoms. The first-order valence-electron chi connectivity index (χ1n) is 11.5. The van der Waals surface area contributed by atoms with Crippen molar-refractivity contribution in [1.82, 2.24) is 19.7 Å². The van der Waals surface area contributed by atoms with Crippen LogP contribution in [0.25, 0.3) is 22.0 Å². The lowest BCUT2D eigenvalue weighted by atomic mass is 10.1. The van der Waals surface area contributed by atoms with Gasteiger partial charge in [0.15, 0.2) is 17.4 Å². The van der Waals surface area contributed by atoms with Gasteiger partial charge in [-0.05, 0) is 48.6 Å². The average Bonchev–Trinajstić information content (AvgIpc) is 3.45. The Kier molecular flexibility index (Phi) is 5.94. The fourth-order valence-corrected chi connectivity index (χ4v) is 4.74. The topological polar surface area (TPSA) is 106 Å². The molecule has 2 aromatic heterocycles. The predicted molar refractivity (Wildman–Crippen MR) is 135 cm³/mol. The van der Waals surface area contributed by atoms with Gasteiger partial charge in [-0.25, -0.2) is 9.49 Å². The van der Waals surface area contributed by atoms with Crippen LogP contribution >= 0.6 is 0 Å². The number of rotatable bonds is 4. The number of nitrogens with zero attached hydrogens (tertiary/aromatic N) is 3. The van der Waals surface area contributed by atoms with E-state index in [9.17, 15) is 14.0 Å². The lowest BCUT2D eigenvalue weighted by Gasteiger charge is -2.17. The number of aromatic nitrogens is 3. The van der Waals surface area contributed by atoms with Crippen molar-refractivity contribution >= 4 is 22.6 Å². The molecule has 0 unspecified atom stereocenters. The van der Waals surface area contributed by atoms with Crippen molar-refractivity contribution in [3.8, 4) is 34.5 Å². The number of nitrogen functional groups attached to an aromatic ring is 1. The van der Waals surface area contributed by atoms with Crippen LogP contribution in [-0.2, 0) is 4.79 Å². The molecule has 0 bridgehead atoms. The number of aromatic amines is 1. The van der Waals surface area contributed by atoms with Crippen molar-refractivity contribution in [2.75, 3.05) is 18.8 Å². The molecule has 9 heteroatoms. The fraction of sp³-hybridized carbons (Fsp3) is 0.222. The maximum atomic E-state index is 14.0. The van der Waals surface area contributed by atoms with Crippen molar-refractivity contribution in [2.24, 2.45) is 5.92 Å². The Morgan fingerprint density at radius 3 is 2.67 bits per heavy atom. The minimum Gasteiger partial charge on any atom is -0.454 e. The van der Waals surface area contributed by atoms with Gasteiger partial charge in [-0.15, -0.1) is 0 Å². The molecule has 0 aliphatic carbocycles. The number of nitrogens with two attached hydrogens (primary N) is 1.